The van der Waals surface area contributed by atoms with Crippen LogP contribution in [0.15, 0.2) is 30.3 Å². The molecule has 2 aromatic carbocycles. The molecule has 29 heavy (non-hydrogen) atoms. The van der Waals surface area contributed by atoms with Crippen LogP contribution in [0.1, 0.15) is 23.3 Å². The number of benzene rings is 2. The average Bonchev–Trinajstić information content (AvgIpc) is 3.48. The Bertz CT molecular complexity index is 912. The van der Waals surface area contributed by atoms with Crippen molar-refractivity contribution < 1.29 is 33.2 Å². The minimum Gasteiger partial charge on any atom is -0.493 e. The lowest BCUT2D eigenvalue weighted by molar-refractivity contribution is 0.0184. The van der Waals surface area contributed by atoms with Crippen molar-refractivity contribution in [3.63, 3.8) is 0 Å². The predicted molar refractivity (Wildman–Crippen MR) is 103 cm³/mol. The van der Waals surface area contributed by atoms with Gasteiger partial charge in [-0.15, -0.1) is 0 Å². The van der Waals surface area contributed by atoms with Gasteiger partial charge >= 0.3 is 0 Å². The van der Waals surface area contributed by atoms with Crippen LogP contribution in [-0.4, -0.2) is 41.3 Å². The van der Waals surface area contributed by atoms with E-state index < -0.39 is 0 Å². The van der Waals surface area contributed by atoms with Crippen molar-refractivity contribution in [3.8, 4) is 28.7 Å². The SMILES string of the molecule is COc1ccc([C@@H]2OC[C@@H]3[C@H]2CO[C@H]3c2ccc3c(c2OC)OCO3)cc1OC. The fourth-order valence-corrected chi connectivity index (χ4v) is 4.64. The summed E-state index contributed by atoms with van der Waals surface area (Å²) in [5.74, 6) is 3.90. The van der Waals surface area contributed by atoms with Crippen LogP contribution in [0.25, 0.3) is 0 Å². The van der Waals surface area contributed by atoms with Gasteiger partial charge in [0.2, 0.25) is 12.5 Å². The van der Waals surface area contributed by atoms with Crippen LogP contribution in [0, 0.1) is 11.8 Å². The lowest BCUT2D eigenvalue weighted by Gasteiger charge is -2.20. The Morgan fingerprint density at radius 3 is 2.31 bits per heavy atom. The molecule has 0 aliphatic carbocycles. The average molecular weight is 400 g/mol. The molecule has 7 heteroatoms. The van der Waals surface area contributed by atoms with Gasteiger partial charge in [-0.3, -0.25) is 0 Å². The highest BCUT2D eigenvalue weighted by atomic mass is 16.7. The Kier molecular flexibility index (Phi) is 4.64. The van der Waals surface area contributed by atoms with Gasteiger partial charge in [-0.2, -0.15) is 0 Å². The molecular formula is C22H24O7. The second-order valence-electron chi connectivity index (χ2n) is 7.37. The Morgan fingerprint density at radius 1 is 0.793 bits per heavy atom. The topological polar surface area (TPSA) is 64.6 Å². The molecule has 0 N–H and O–H groups in total. The van der Waals surface area contributed by atoms with Crippen molar-refractivity contribution >= 4 is 0 Å². The third-order valence-corrected chi connectivity index (χ3v) is 6.04. The van der Waals surface area contributed by atoms with Crippen LogP contribution < -0.4 is 23.7 Å². The molecular weight excluding hydrogens is 376 g/mol. The summed E-state index contributed by atoms with van der Waals surface area (Å²) in [6, 6.07) is 9.85. The second-order valence-corrected chi connectivity index (χ2v) is 7.37. The van der Waals surface area contributed by atoms with Crippen LogP contribution >= 0.6 is 0 Å². The summed E-state index contributed by atoms with van der Waals surface area (Å²) in [7, 11) is 4.92. The molecule has 3 aliphatic heterocycles. The molecule has 2 aromatic rings. The molecule has 154 valence electrons. The molecule has 0 aromatic heterocycles. The van der Waals surface area contributed by atoms with E-state index in [-0.39, 0.29) is 30.8 Å². The number of fused-ring (bicyclic) bond motifs is 2. The van der Waals surface area contributed by atoms with E-state index in [1.165, 1.54) is 0 Å². The van der Waals surface area contributed by atoms with E-state index in [0.29, 0.717) is 42.0 Å². The van der Waals surface area contributed by atoms with Crippen LogP contribution in [0.3, 0.4) is 0 Å². The lowest BCUT2D eigenvalue weighted by Crippen LogP contribution is -2.15. The first-order chi connectivity index (χ1) is 14.2. The minimum absolute atomic E-state index is 0.0511. The molecule has 0 saturated carbocycles. The zero-order valence-electron chi connectivity index (χ0n) is 16.7. The van der Waals surface area contributed by atoms with Gasteiger partial charge in [0.1, 0.15) is 0 Å². The first-order valence-electron chi connectivity index (χ1n) is 9.66. The van der Waals surface area contributed by atoms with Gasteiger partial charge < -0.3 is 33.2 Å². The minimum atomic E-state index is -0.116. The van der Waals surface area contributed by atoms with Crippen molar-refractivity contribution in [1.82, 2.24) is 0 Å². The maximum Gasteiger partial charge on any atom is 0.231 e. The molecule has 0 unspecified atom stereocenters. The molecule has 4 atom stereocenters. The highest BCUT2D eigenvalue weighted by Crippen LogP contribution is 2.54. The molecule has 0 spiro atoms. The summed E-state index contributed by atoms with van der Waals surface area (Å²) < 4.78 is 40.0. The standard InChI is InChI=1S/C22H24O7/c1-23-16-6-4-12(8-18(16)24-2)19-14-9-27-20(15(14)10-26-19)13-5-7-17-22(21(13)25-3)29-11-28-17/h4-8,14-15,19-20H,9-11H2,1-3H3/t14-,15-,19+,20+/m1/s1. The molecule has 3 aliphatic rings. The number of hydrogen-bond donors (Lipinski definition) is 0. The van der Waals surface area contributed by atoms with Gasteiger partial charge in [0.05, 0.1) is 46.8 Å². The Labute approximate surface area is 169 Å². The number of rotatable bonds is 5. The first-order valence-corrected chi connectivity index (χ1v) is 9.66. The monoisotopic (exact) mass is 400 g/mol. The number of ether oxygens (including phenoxy) is 7. The van der Waals surface area contributed by atoms with Crippen molar-refractivity contribution in [2.45, 2.75) is 12.2 Å². The summed E-state index contributed by atoms with van der Waals surface area (Å²) in [5.41, 5.74) is 2.04. The van der Waals surface area contributed by atoms with Gasteiger partial charge in [-0.25, -0.2) is 0 Å². The van der Waals surface area contributed by atoms with Crippen molar-refractivity contribution in [3.05, 3.63) is 41.5 Å². The van der Waals surface area contributed by atoms with Crippen LogP contribution in [0.5, 0.6) is 28.7 Å². The van der Waals surface area contributed by atoms with E-state index in [9.17, 15) is 0 Å². The zero-order valence-corrected chi connectivity index (χ0v) is 16.7. The maximum atomic E-state index is 6.25. The molecule has 0 amide bonds. The first kappa shape index (κ1) is 18.4. The summed E-state index contributed by atoms with van der Waals surface area (Å²) in [6.07, 6.45) is -0.167. The molecule has 3 heterocycles. The van der Waals surface area contributed by atoms with E-state index in [4.69, 9.17) is 33.2 Å². The third-order valence-electron chi connectivity index (χ3n) is 6.04. The summed E-state index contributed by atoms with van der Waals surface area (Å²) in [6.45, 7) is 1.44. The van der Waals surface area contributed by atoms with Gasteiger partial charge in [0.25, 0.3) is 0 Å². The largest absolute Gasteiger partial charge is 0.493 e. The Hall–Kier alpha value is -2.64. The predicted octanol–water partition coefficient (Wildman–Crippen LogP) is 3.52. The maximum absolute atomic E-state index is 6.25. The summed E-state index contributed by atoms with van der Waals surface area (Å²) in [4.78, 5) is 0. The molecule has 2 saturated heterocycles. The molecule has 2 fully saturated rings. The van der Waals surface area contributed by atoms with Crippen molar-refractivity contribution in [1.29, 1.82) is 0 Å². The van der Waals surface area contributed by atoms with E-state index in [0.717, 1.165) is 11.1 Å². The van der Waals surface area contributed by atoms with Crippen LogP contribution in [0.4, 0.5) is 0 Å². The van der Waals surface area contributed by atoms with E-state index in [1.54, 1.807) is 21.3 Å². The fraction of sp³-hybridized carbons (Fsp3) is 0.455. The zero-order chi connectivity index (χ0) is 20.0. The third kappa shape index (κ3) is 2.88. The van der Waals surface area contributed by atoms with E-state index >= 15 is 0 Å². The van der Waals surface area contributed by atoms with Crippen molar-refractivity contribution in [2.75, 3.05) is 41.3 Å². The van der Waals surface area contributed by atoms with Gasteiger partial charge in [0, 0.05) is 17.4 Å². The van der Waals surface area contributed by atoms with Gasteiger partial charge in [0.15, 0.2) is 23.0 Å². The second kappa shape index (κ2) is 7.31. The highest BCUT2D eigenvalue weighted by molar-refractivity contribution is 5.58. The van der Waals surface area contributed by atoms with Crippen molar-refractivity contribution in [2.24, 2.45) is 11.8 Å². The molecule has 0 bridgehead atoms. The smallest absolute Gasteiger partial charge is 0.231 e. The molecule has 5 rings (SSSR count). The molecule has 0 radical (unpaired) electrons. The van der Waals surface area contributed by atoms with E-state index in [2.05, 4.69) is 0 Å². The molecule has 7 nitrogen and oxygen atoms in total. The highest BCUT2D eigenvalue weighted by Gasteiger charge is 2.49. The number of methoxy groups -OCH3 is 3. The summed E-state index contributed by atoms with van der Waals surface area (Å²) >= 11 is 0. The lowest BCUT2D eigenvalue weighted by atomic mass is 9.84. The van der Waals surface area contributed by atoms with Crippen LogP contribution in [0.2, 0.25) is 0 Å². The number of hydrogen-bond acceptors (Lipinski definition) is 7. The van der Waals surface area contributed by atoms with Crippen LogP contribution in [-0.2, 0) is 9.47 Å². The quantitative estimate of drug-likeness (QED) is 0.761. The van der Waals surface area contributed by atoms with E-state index in [1.807, 2.05) is 30.3 Å². The Morgan fingerprint density at radius 2 is 1.55 bits per heavy atom. The van der Waals surface area contributed by atoms with Gasteiger partial charge in [-0.1, -0.05) is 6.07 Å². The summed E-state index contributed by atoms with van der Waals surface area (Å²) in [5, 5.41) is 0. The fourth-order valence-electron chi connectivity index (χ4n) is 4.64. The van der Waals surface area contributed by atoms with Gasteiger partial charge in [-0.05, 0) is 29.8 Å². The normalized spacial score (nSPS) is 27.0. The Balaban J connectivity index is 1.43.